The third-order valence-electron chi connectivity index (χ3n) is 4.44. The minimum Gasteiger partial charge on any atom is -0.493 e. The Bertz CT molecular complexity index is 889. The lowest BCUT2D eigenvalue weighted by molar-refractivity contribution is -0.114. The van der Waals surface area contributed by atoms with Gasteiger partial charge in [0.1, 0.15) is 5.70 Å². The van der Waals surface area contributed by atoms with Crippen LogP contribution in [0.2, 0.25) is 0 Å². The zero-order chi connectivity index (χ0) is 18.3. The van der Waals surface area contributed by atoms with Gasteiger partial charge < -0.3 is 14.2 Å². The Balaban J connectivity index is 1.75. The van der Waals surface area contributed by atoms with Crippen LogP contribution in [-0.2, 0) is 4.79 Å². The molecule has 1 saturated carbocycles. The van der Waals surface area contributed by atoms with Crippen molar-refractivity contribution in [1.29, 1.82) is 0 Å². The number of carbonyl (C=O) groups is 1. The smallest absolute Gasteiger partial charge is 0.299 e. The second kappa shape index (κ2) is 6.29. The van der Waals surface area contributed by atoms with E-state index in [0.29, 0.717) is 34.5 Å². The van der Waals surface area contributed by atoms with Gasteiger partial charge in [-0.1, -0.05) is 0 Å². The molecule has 1 aromatic rings. The number of nitrogens with zero attached hydrogens (tertiary/aromatic N) is 4. The van der Waals surface area contributed by atoms with Crippen LogP contribution in [0.4, 0.5) is 0 Å². The molecule has 0 radical (unpaired) electrons. The number of hydrazone groups is 1. The summed E-state index contributed by atoms with van der Waals surface area (Å²) >= 11 is 0. The molecule has 8 heteroatoms. The highest BCUT2D eigenvalue weighted by atomic mass is 16.5. The van der Waals surface area contributed by atoms with Gasteiger partial charge in [-0.05, 0) is 43.0 Å². The molecule has 1 fully saturated rings. The summed E-state index contributed by atoms with van der Waals surface area (Å²) < 4.78 is 16.1. The molecule has 0 N–H and O–H groups in total. The molecule has 3 aliphatic rings. The van der Waals surface area contributed by atoms with Gasteiger partial charge in [0.2, 0.25) is 5.75 Å². The lowest BCUT2D eigenvalue weighted by Gasteiger charge is -2.18. The molecule has 0 spiro atoms. The van der Waals surface area contributed by atoms with E-state index >= 15 is 0 Å². The molecule has 4 rings (SSSR count). The van der Waals surface area contributed by atoms with E-state index in [2.05, 4.69) is 15.1 Å². The summed E-state index contributed by atoms with van der Waals surface area (Å²) in [7, 11) is 4.63. The largest absolute Gasteiger partial charge is 0.493 e. The third-order valence-corrected chi connectivity index (χ3v) is 4.44. The van der Waals surface area contributed by atoms with Gasteiger partial charge in [-0.2, -0.15) is 15.1 Å². The van der Waals surface area contributed by atoms with Crippen LogP contribution in [0.1, 0.15) is 24.8 Å². The Labute approximate surface area is 150 Å². The number of fused-ring (bicyclic) bond motifs is 2. The molecule has 134 valence electrons. The Kier molecular flexibility index (Phi) is 3.95. The normalized spacial score (nSPS) is 19.7. The second-order valence-corrected chi connectivity index (χ2v) is 5.98. The molecule has 2 aliphatic heterocycles. The van der Waals surface area contributed by atoms with Crippen molar-refractivity contribution in [3.63, 3.8) is 0 Å². The molecule has 0 aromatic heterocycles. The summed E-state index contributed by atoms with van der Waals surface area (Å²) in [5.41, 5.74) is 2.91. The maximum Gasteiger partial charge on any atom is 0.299 e. The van der Waals surface area contributed by atoms with Crippen LogP contribution in [0.25, 0.3) is 6.08 Å². The molecule has 0 atom stereocenters. The van der Waals surface area contributed by atoms with Crippen LogP contribution in [-0.4, -0.2) is 49.6 Å². The van der Waals surface area contributed by atoms with Crippen LogP contribution in [0.3, 0.4) is 0 Å². The first kappa shape index (κ1) is 16.3. The molecule has 1 amide bonds. The van der Waals surface area contributed by atoms with Crippen molar-refractivity contribution in [3.05, 3.63) is 23.4 Å². The molecule has 26 heavy (non-hydrogen) atoms. The predicted molar refractivity (Wildman–Crippen MR) is 97.1 cm³/mol. The number of benzene rings is 1. The Morgan fingerprint density at radius 1 is 1.00 bits per heavy atom. The summed E-state index contributed by atoms with van der Waals surface area (Å²) in [6.07, 6.45) is 4.47. The molecular formula is C18H18N4O4. The molecule has 8 nitrogen and oxygen atoms in total. The molecule has 0 bridgehead atoms. The van der Waals surface area contributed by atoms with Crippen LogP contribution >= 0.6 is 0 Å². The third kappa shape index (κ3) is 2.54. The van der Waals surface area contributed by atoms with Crippen molar-refractivity contribution in [2.75, 3.05) is 21.3 Å². The highest BCUT2D eigenvalue weighted by Crippen LogP contribution is 2.39. The molecular weight excluding hydrogens is 336 g/mol. The van der Waals surface area contributed by atoms with Crippen molar-refractivity contribution >= 4 is 29.4 Å². The Hall–Kier alpha value is -3.16. The van der Waals surface area contributed by atoms with E-state index in [1.54, 1.807) is 39.5 Å². The lowest BCUT2D eigenvalue weighted by atomic mass is 10.1. The number of amides is 1. The van der Waals surface area contributed by atoms with Crippen molar-refractivity contribution in [2.45, 2.75) is 19.3 Å². The maximum atomic E-state index is 12.4. The molecule has 1 aromatic carbocycles. The summed E-state index contributed by atoms with van der Waals surface area (Å²) in [6.45, 7) is 0. The molecule has 0 unspecified atom stereocenters. The molecule has 0 saturated heterocycles. The van der Waals surface area contributed by atoms with Gasteiger partial charge in [0.15, 0.2) is 11.5 Å². The van der Waals surface area contributed by atoms with E-state index in [4.69, 9.17) is 14.2 Å². The van der Waals surface area contributed by atoms with Gasteiger partial charge in [0, 0.05) is 0 Å². The fourth-order valence-corrected chi connectivity index (χ4v) is 3.21. The summed E-state index contributed by atoms with van der Waals surface area (Å²) in [5, 5.41) is 6.07. The van der Waals surface area contributed by atoms with Gasteiger partial charge in [0.25, 0.3) is 11.9 Å². The standard InChI is InChI=1S/C18H18N4O4/c1-24-14-8-10(9-15(25-2)16(14)26-3)7-13-17(23)20-18-19-11-5-4-6-12(11)21-22(13)18/h7-9H,4-6H2,1-3H3. The molecule has 2 heterocycles. The van der Waals surface area contributed by atoms with E-state index in [0.717, 1.165) is 30.7 Å². The average Bonchev–Trinajstić information content (AvgIpc) is 3.22. The zero-order valence-electron chi connectivity index (χ0n) is 14.8. The van der Waals surface area contributed by atoms with E-state index in [9.17, 15) is 4.79 Å². The number of aliphatic imine (C=N–C) groups is 2. The maximum absolute atomic E-state index is 12.4. The number of rotatable bonds is 4. The summed E-state index contributed by atoms with van der Waals surface area (Å²) in [5.74, 6) is 1.46. The van der Waals surface area contributed by atoms with Gasteiger partial charge >= 0.3 is 0 Å². The van der Waals surface area contributed by atoms with Gasteiger partial charge in [-0.15, -0.1) is 0 Å². The quantitative estimate of drug-likeness (QED) is 0.774. The Morgan fingerprint density at radius 3 is 2.35 bits per heavy atom. The van der Waals surface area contributed by atoms with Crippen LogP contribution in [0, 0.1) is 0 Å². The SMILES string of the molecule is COc1cc(C=C2C(=O)N=C3N=C4CCCC4=NN23)cc(OC)c1OC. The van der Waals surface area contributed by atoms with E-state index in [1.165, 1.54) is 5.01 Å². The van der Waals surface area contributed by atoms with E-state index in [1.807, 2.05) is 0 Å². The first-order valence-electron chi connectivity index (χ1n) is 8.25. The fraction of sp³-hybridized carbons (Fsp3) is 0.333. The topological polar surface area (TPSA) is 85.1 Å². The van der Waals surface area contributed by atoms with Gasteiger partial charge in [0.05, 0.1) is 32.8 Å². The minimum atomic E-state index is -0.373. The lowest BCUT2D eigenvalue weighted by Crippen LogP contribution is -2.28. The van der Waals surface area contributed by atoms with E-state index in [-0.39, 0.29) is 5.91 Å². The number of ether oxygens (including phenoxy) is 3. The van der Waals surface area contributed by atoms with Crippen molar-refractivity contribution < 1.29 is 19.0 Å². The van der Waals surface area contributed by atoms with Crippen molar-refractivity contribution in [1.82, 2.24) is 5.01 Å². The molecule has 1 aliphatic carbocycles. The summed E-state index contributed by atoms with van der Waals surface area (Å²) in [4.78, 5) is 20.9. The van der Waals surface area contributed by atoms with Gasteiger partial charge in [-0.3, -0.25) is 4.79 Å². The second-order valence-electron chi connectivity index (χ2n) is 5.98. The van der Waals surface area contributed by atoms with Gasteiger partial charge in [-0.25, -0.2) is 4.99 Å². The van der Waals surface area contributed by atoms with E-state index < -0.39 is 0 Å². The van der Waals surface area contributed by atoms with Crippen molar-refractivity contribution in [3.8, 4) is 17.2 Å². The fourth-order valence-electron chi connectivity index (χ4n) is 3.21. The van der Waals surface area contributed by atoms with Crippen molar-refractivity contribution in [2.24, 2.45) is 15.1 Å². The summed E-state index contributed by atoms with van der Waals surface area (Å²) in [6, 6.07) is 3.53. The first-order chi connectivity index (χ1) is 12.6. The van der Waals surface area contributed by atoms with Crippen LogP contribution in [0.15, 0.2) is 32.9 Å². The predicted octanol–water partition coefficient (Wildman–Crippen LogP) is 2.25. The average molecular weight is 354 g/mol. The monoisotopic (exact) mass is 354 g/mol. The Morgan fingerprint density at radius 2 is 1.69 bits per heavy atom. The minimum absolute atomic E-state index is 0.328. The number of carbonyl (C=O) groups excluding carboxylic acids is 1. The number of hydrogen-bond donors (Lipinski definition) is 0. The van der Waals surface area contributed by atoms with Crippen LogP contribution < -0.4 is 14.2 Å². The van der Waals surface area contributed by atoms with Crippen LogP contribution in [0.5, 0.6) is 17.2 Å². The zero-order valence-corrected chi connectivity index (χ0v) is 14.8. The number of hydrogen-bond acceptors (Lipinski definition) is 7. The number of methoxy groups -OCH3 is 3. The highest BCUT2D eigenvalue weighted by Gasteiger charge is 2.35. The number of guanidine groups is 1. The highest BCUT2D eigenvalue weighted by molar-refractivity contribution is 6.46. The first-order valence-corrected chi connectivity index (χ1v) is 8.25.